The lowest BCUT2D eigenvalue weighted by molar-refractivity contribution is -0.675. The van der Waals surface area contributed by atoms with Crippen LogP contribution < -0.4 is 10.6 Å². The zero-order chi connectivity index (χ0) is 19.4. The molecule has 1 amide bonds. The Morgan fingerprint density at radius 2 is 1.85 bits per heavy atom. The molecule has 27 heavy (non-hydrogen) atoms. The highest BCUT2D eigenvalue weighted by molar-refractivity contribution is 7.10. The highest BCUT2D eigenvalue weighted by atomic mass is 35.5. The number of carbonyl (C=O) groups is 1. The van der Waals surface area contributed by atoms with Crippen molar-refractivity contribution >= 4 is 34.5 Å². The normalized spacial score (nSPS) is 12.0. The molecule has 0 bridgehead atoms. The van der Waals surface area contributed by atoms with Gasteiger partial charge in [0, 0.05) is 5.56 Å². The van der Waals surface area contributed by atoms with E-state index in [0.29, 0.717) is 17.3 Å². The van der Waals surface area contributed by atoms with Crippen LogP contribution in [0.3, 0.4) is 0 Å². The van der Waals surface area contributed by atoms with Crippen molar-refractivity contribution in [2.75, 3.05) is 11.9 Å². The molecule has 1 aromatic heterocycles. The Morgan fingerprint density at radius 1 is 1.11 bits per heavy atom. The molecule has 140 valence electrons. The second-order valence-electron chi connectivity index (χ2n) is 6.83. The molecule has 5 heteroatoms. The maximum absolute atomic E-state index is 12.6. The van der Waals surface area contributed by atoms with E-state index in [4.69, 9.17) is 11.6 Å². The average Bonchev–Trinajstić information content (AvgIpc) is 3.14. The molecular formula is C22H24ClN2OS+. The van der Waals surface area contributed by atoms with Gasteiger partial charge in [0.05, 0.1) is 15.6 Å². The Kier molecular flexibility index (Phi) is 6.32. The van der Waals surface area contributed by atoms with Crippen molar-refractivity contribution in [1.29, 1.82) is 0 Å². The van der Waals surface area contributed by atoms with Crippen LogP contribution in [0.15, 0.2) is 53.9 Å². The van der Waals surface area contributed by atoms with Crippen LogP contribution in [0.4, 0.5) is 5.69 Å². The zero-order valence-corrected chi connectivity index (χ0v) is 17.3. The quantitative estimate of drug-likeness (QED) is 0.624. The van der Waals surface area contributed by atoms with Gasteiger partial charge in [-0.25, -0.2) is 0 Å². The number of halogens is 1. The van der Waals surface area contributed by atoms with Crippen molar-refractivity contribution in [3.63, 3.8) is 0 Å². The van der Waals surface area contributed by atoms with E-state index < -0.39 is 0 Å². The summed E-state index contributed by atoms with van der Waals surface area (Å²) in [6.45, 7) is 6.35. The van der Waals surface area contributed by atoms with Gasteiger partial charge in [-0.15, -0.1) is 11.3 Å². The van der Waals surface area contributed by atoms with Gasteiger partial charge in [-0.3, -0.25) is 4.79 Å². The van der Waals surface area contributed by atoms with Crippen LogP contribution in [0.25, 0.3) is 0 Å². The van der Waals surface area contributed by atoms with Crippen molar-refractivity contribution in [3.05, 3.63) is 86.1 Å². The van der Waals surface area contributed by atoms with Crippen LogP contribution in [0, 0.1) is 20.8 Å². The number of hydrogen-bond acceptors (Lipinski definition) is 2. The molecule has 0 aliphatic rings. The minimum absolute atomic E-state index is 0.0579. The first kappa shape index (κ1) is 19.6. The second kappa shape index (κ2) is 8.70. The van der Waals surface area contributed by atoms with Gasteiger partial charge in [0.15, 0.2) is 6.54 Å². The smallest absolute Gasteiger partial charge is 0.279 e. The molecule has 1 heterocycles. The predicted molar refractivity (Wildman–Crippen MR) is 114 cm³/mol. The summed E-state index contributed by atoms with van der Waals surface area (Å²) in [5.74, 6) is -0.0579. The molecule has 0 fully saturated rings. The zero-order valence-electron chi connectivity index (χ0n) is 15.8. The number of hydrogen-bond donors (Lipinski definition) is 2. The molecule has 3 nitrogen and oxygen atoms in total. The fourth-order valence-corrected chi connectivity index (χ4v) is 4.37. The van der Waals surface area contributed by atoms with Crippen LogP contribution in [0.2, 0.25) is 5.02 Å². The minimum Gasteiger partial charge on any atom is -0.328 e. The van der Waals surface area contributed by atoms with Gasteiger partial charge in [0.25, 0.3) is 5.91 Å². The number of benzene rings is 2. The number of carbonyl (C=O) groups excluding carboxylic acids is 1. The van der Waals surface area contributed by atoms with Crippen LogP contribution in [0.5, 0.6) is 0 Å². The molecule has 3 aromatic rings. The first-order chi connectivity index (χ1) is 12.9. The van der Waals surface area contributed by atoms with Crippen LogP contribution >= 0.6 is 22.9 Å². The molecule has 3 N–H and O–H groups in total. The maximum Gasteiger partial charge on any atom is 0.279 e. The van der Waals surface area contributed by atoms with Crippen molar-refractivity contribution in [2.45, 2.75) is 26.8 Å². The standard InChI is InChI=1S/C22H23ClN2OS/c1-14-6-8-17(9-7-14)22(19-5-4-10-27-19)24-13-20(26)25-21-16(3)11-15(2)12-18(21)23/h4-12,22,24H,13H2,1-3H3,(H,25,26)/p+1/t22-/m1/s1. The summed E-state index contributed by atoms with van der Waals surface area (Å²) < 4.78 is 0. The largest absolute Gasteiger partial charge is 0.328 e. The SMILES string of the molecule is Cc1ccc([C@@H]([NH2+]CC(=O)Nc2c(C)cc(C)cc2Cl)c2cccs2)cc1. The maximum atomic E-state index is 12.6. The van der Waals surface area contributed by atoms with Gasteiger partial charge in [-0.05, 0) is 49.4 Å². The Bertz CT molecular complexity index is 897. The van der Waals surface area contributed by atoms with Crippen molar-refractivity contribution in [2.24, 2.45) is 0 Å². The number of thiophene rings is 1. The van der Waals surface area contributed by atoms with Crippen molar-refractivity contribution < 1.29 is 10.1 Å². The van der Waals surface area contributed by atoms with E-state index in [9.17, 15) is 4.79 Å². The fraction of sp³-hybridized carbons (Fsp3) is 0.227. The number of amides is 1. The number of rotatable bonds is 6. The Morgan fingerprint density at radius 3 is 2.48 bits per heavy atom. The second-order valence-corrected chi connectivity index (χ2v) is 8.22. The lowest BCUT2D eigenvalue weighted by atomic mass is 10.0. The van der Waals surface area contributed by atoms with Gasteiger partial charge < -0.3 is 10.6 Å². The number of quaternary nitrogens is 1. The van der Waals surface area contributed by atoms with E-state index in [1.807, 2.05) is 32.0 Å². The molecule has 1 atom stereocenters. The van der Waals surface area contributed by atoms with Gasteiger partial charge in [0.1, 0.15) is 6.04 Å². The van der Waals surface area contributed by atoms with Crippen molar-refractivity contribution in [1.82, 2.24) is 0 Å². The summed E-state index contributed by atoms with van der Waals surface area (Å²) in [6.07, 6.45) is 0. The fourth-order valence-electron chi connectivity index (χ4n) is 3.15. The van der Waals surface area contributed by atoms with Crippen molar-refractivity contribution in [3.8, 4) is 0 Å². The molecular weight excluding hydrogens is 376 g/mol. The van der Waals surface area contributed by atoms with E-state index in [0.717, 1.165) is 11.1 Å². The van der Waals surface area contributed by atoms with E-state index >= 15 is 0 Å². The first-order valence-corrected chi connectivity index (χ1v) is 10.2. The van der Waals surface area contributed by atoms with Crippen LogP contribution in [-0.4, -0.2) is 12.5 Å². The summed E-state index contributed by atoms with van der Waals surface area (Å²) in [7, 11) is 0. The monoisotopic (exact) mass is 399 g/mol. The number of aryl methyl sites for hydroxylation is 3. The van der Waals surface area contributed by atoms with E-state index in [1.54, 1.807) is 11.3 Å². The van der Waals surface area contributed by atoms with Gasteiger partial charge in [-0.2, -0.15) is 0 Å². The molecule has 0 spiro atoms. The third kappa shape index (κ3) is 4.98. The van der Waals surface area contributed by atoms with Crippen LogP contribution in [0.1, 0.15) is 33.2 Å². The molecule has 3 rings (SSSR count). The topological polar surface area (TPSA) is 45.7 Å². The number of nitrogens with one attached hydrogen (secondary N) is 1. The summed E-state index contributed by atoms with van der Waals surface area (Å²) in [5, 5.41) is 7.69. The molecule has 0 saturated carbocycles. The van der Waals surface area contributed by atoms with Gasteiger partial charge in [-0.1, -0.05) is 53.6 Å². The third-order valence-corrected chi connectivity index (χ3v) is 5.77. The van der Waals surface area contributed by atoms with Crippen LogP contribution in [-0.2, 0) is 4.79 Å². The summed E-state index contributed by atoms with van der Waals surface area (Å²) in [5.41, 5.74) is 5.18. The summed E-state index contributed by atoms with van der Waals surface area (Å²) in [6, 6.07) is 16.6. The average molecular weight is 400 g/mol. The van der Waals surface area contributed by atoms with Gasteiger partial charge >= 0.3 is 0 Å². The van der Waals surface area contributed by atoms with Gasteiger partial charge in [0.2, 0.25) is 0 Å². The van der Waals surface area contributed by atoms with E-state index in [2.05, 4.69) is 53.3 Å². The molecule has 0 aliphatic carbocycles. The minimum atomic E-state index is -0.0579. The summed E-state index contributed by atoms with van der Waals surface area (Å²) >= 11 is 8.02. The third-order valence-electron chi connectivity index (χ3n) is 4.52. The predicted octanol–water partition coefficient (Wildman–Crippen LogP) is 4.62. The molecule has 2 aromatic carbocycles. The molecule has 0 saturated heterocycles. The van der Waals surface area contributed by atoms with E-state index in [-0.39, 0.29) is 11.9 Å². The Balaban J connectivity index is 1.72. The molecule has 0 unspecified atom stereocenters. The lowest BCUT2D eigenvalue weighted by Gasteiger charge is -2.16. The molecule has 0 radical (unpaired) electrons. The highest BCUT2D eigenvalue weighted by Crippen LogP contribution is 2.27. The molecule has 0 aliphatic heterocycles. The highest BCUT2D eigenvalue weighted by Gasteiger charge is 2.20. The Labute approximate surface area is 169 Å². The number of anilines is 1. The van der Waals surface area contributed by atoms with E-state index in [1.165, 1.54) is 16.0 Å². The summed E-state index contributed by atoms with van der Waals surface area (Å²) in [4.78, 5) is 13.8. The lowest BCUT2D eigenvalue weighted by Crippen LogP contribution is -2.87. The number of nitrogens with two attached hydrogens (primary N) is 1. The Hall–Kier alpha value is -2.14. The first-order valence-electron chi connectivity index (χ1n) is 8.94.